The van der Waals surface area contributed by atoms with Crippen molar-refractivity contribution in [2.45, 2.75) is 193 Å². The lowest BCUT2D eigenvalue weighted by Gasteiger charge is -2.71. The molecular weight excluding hydrogens is 884 g/mol. The van der Waals surface area contributed by atoms with Gasteiger partial charge in [-0.3, -0.25) is 4.79 Å². The minimum absolute atomic E-state index is 0.0494. The van der Waals surface area contributed by atoms with Gasteiger partial charge in [0.1, 0.15) is 49.3 Å². The van der Waals surface area contributed by atoms with E-state index in [1.165, 1.54) is 5.57 Å². The van der Waals surface area contributed by atoms with Gasteiger partial charge in [-0.05, 0) is 109 Å². The highest BCUT2D eigenvalue weighted by atomic mass is 16.7. The number of carboxylic acid groups (broad SMARTS) is 3. The molecule has 0 radical (unpaired) electrons. The summed E-state index contributed by atoms with van der Waals surface area (Å²) in [7, 11) is 0. The van der Waals surface area contributed by atoms with Gasteiger partial charge in [-0.2, -0.15) is 0 Å². The average Bonchev–Trinajstić information content (AvgIpc) is 3.24. The molecule has 0 aromatic carbocycles. The Kier molecular flexibility index (Phi) is 14.3. The third-order valence-electron chi connectivity index (χ3n) is 18.3. The first-order valence-corrected chi connectivity index (χ1v) is 23.6. The number of ether oxygens (including phenoxy) is 6. The van der Waals surface area contributed by atoms with Crippen molar-refractivity contribution in [2.24, 2.45) is 50.2 Å². The summed E-state index contributed by atoms with van der Waals surface area (Å²) >= 11 is 0. The second-order valence-corrected chi connectivity index (χ2v) is 22.7. The number of hydrogen-bond donors (Lipinski definition) is 10. The Hall–Kier alpha value is -2.86. The fourth-order valence-corrected chi connectivity index (χ4v) is 14.3. The van der Waals surface area contributed by atoms with Crippen LogP contribution in [-0.4, -0.2) is 168 Å². The first kappa shape index (κ1) is 52.0. The van der Waals surface area contributed by atoms with E-state index in [9.17, 15) is 65.1 Å². The van der Waals surface area contributed by atoms with Crippen LogP contribution in [0.4, 0.5) is 0 Å². The van der Waals surface area contributed by atoms with E-state index in [0.717, 1.165) is 32.1 Å². The molecule has 0 bridgehead atoms. The van der Waals surface area contributed by atoms with Crippen molar-refractivity contribution < 1.29 is 98.7 Å². The third kappa shape index (κ3) is 8.65. The summed E-state index contributed by atoms with van der Waals surface area (Å²) in [5.74, 6) is -5.54. The summed E-state index contributed by atoms with van der Waals surface area (Å²) < 4.78 is 34.2. The molecule has 0 amide bonds. The molecule has 10 N–H and O–H groups in total. The standard InChI is InChI=1S/C47H72O20/c1-42(2)14-16-47(41(61)67-39-30(53)29(52)28(51)23(19-48)63-39)17-15-45(6)21(22(47)18-42)8-9-25-44(5)12-11-26(43(3,4)24(44)10-13-46(25,45)7)64-40-32(55)34(31(54)35(66-40)37(59)60)65-38(33(56)36(57)58)62-20-27(49)50/h8,22-26,28-35,38-40,48,51-56H,9-20H2,1-7H3,(H,49,50)(H,57,58)(H,59,60)/t22-,23+,24-,25+,26-,28+,29-,30+,31-,32+,33+,34-,35-,38+,39-,40+,44-,45+,46+,47-/m0/s1. The summed E-state index contributed by atoms with van der Waals surface area (Å²) in [5.41, 5.74) is -1.20. The molecule has 0 spiro atoms. The second-order valence-electron chi connectivity index (χ2n) is 22.7. The number of rotatable bonds is 13. The van der Waals surface area contributed by atoms with E-state index in [-0.39, 0.29) is 39.4 Å². The minimum Gasteiger partial charge on any atom is -0.480 e. The molecule has 380 valence electrons. The number of hydrogen-bond acceptors (Lipinski definition) is 17. The van der Waals surface area contributed by atoms with Gasteiger partial charge in [0.05, 0.1) is 18.1 Å². The van der Waals surface area contributed by atoms with Crippen LogP contribution in [0, 0.1) is 50.2 Å². The Morgan fingerprint density at radius 1 is 0.776 bits per heavy atom. The van der Waals surface area contributed by atoms with Gasteiger partial charge in [0.15, 0.2) is 18.7 Å². The molecule has 20 heteroatoms. The Balaban J connectivity index is 1.13. The molecule has 20 nitrogen and oxygen atoms in total. The largest absolute Gasteiger partial charge is 0.480 e. The topological polar surface area (TPSA) is 326 Å². The molecule has 0 aromatic heterocycles. The predicted octanol–water partition coefficient (Wildman–Crippen LogP) is 1.31. The molecule has 0 aromatic rings. The second kappa shape index (κ2) is 18.4. The molecular formula is C47H72O20. The molecule has 7 rings (SSSR count). The fraction of sp³-hybridized carbons (Fsp3) is 0.872. The van der Waals surface area contributed by atoms with Crippen LogP contribution in [0.15, 0.2) is 11.6 Å². The van der Waals surface area contributed by atoms with Gasteiger partial charge < -0.3 is 79.5 Å². The third-order valence-corrected chi connectivity index (χ3v) is 18.3. The molecule has 5 aliphatic carbocycles. The molecule has 20 atom stereocenters. The summed E-state index contributed by atoms with van der Waals surface area (Å²) in [6.07, 6.45) is -13.8. The Morgan fingerprint density at radius 3 is 2.07 bits per heavy atom. The normalized spacial score (nSPS) is 46.5. The number of carboxylic acids is 3. The monoisotopic (exact) mass is 956 g/mol. The van der Waals surface area contributed by atoms with Gasteiger partial charge in [0.25, 0.3) is 0 Å². The number of allylic oxidation sites excluding steroid dienone is 2. The lowest BCUT2D eigenvalue weighted by atomic mass is 9.33. The van der Waals surface area contributed by atoms with Crippen molar-refractivity contribution in [2.75, 3.05) is 13.2 Å². The number of carbonyl (C=O) groups is 4. The molecule has 2 heterocycles. The van der Waals surface area contributed by atoms with Gasteiger partial charge in [0, 0.05) is 0 Å². The van der Waals surface area contributed by atoms with Crippen molar-refractivity contribution in [3.8, 4) is 0 Å². The zero-order chi connectivity index (χ0) is 49.6. The van der Waals surface area contributed by atoms with Crippen LogP contribution in [0.2, 0.25) is 0 Å². The van der Waals surface area contributed by atoms with Gasteiger partial charge >= 0.3 is 23.9 Å². The van der Waals surface area contributed by atoms with Crippen molar-refractivity contribution in [3.05, 3.63) is 11.6 Å². The number of esters is 1. The van der Waals surface area contributed by atoms with Gasteiger partial charge in [-0.1, -0.05) is 60.1 Å². The van der Waals surface area contributed by atoms with Crippen LogP contribution in [-0.2, 0) is 47.6 Å². The molecule has 67 heavy (non-hydrogen) atoms. The maximum Gasteiger partial charge on any atom is 0.337 e. The molecule has 6 fully saturated rings. The number of aliphatic hydroxyl groups excluding tert-OH is 7. The van der Waals surface area contributed by atoms with Crippen LogP contribution in [0.25, 0.3) is 0 Å². The molecule has 2 saturated heterocycles. The molecule has 4 saturated carbocycles. The summed E-state index contributed by atoms with van der Waals surface area (Å²) in [4.78, 5) is 49.9. The molecule has 2 aliphatic heterocycles. The van der Waals surface area contributed by atoms with Crippen LogP contribution in [0.3, 0.4) is 0 Å². The Labute approximate surface area is 389 Å². The fourth-order valence-electron chi connectivity index (χ4n) is 14.3. The number of aliphatic hydroxyl groups is 7. The Morgan fingerprint density at radius 2 is 1.45 bits per heavy atom. The summed E-state index contributed by atoms with van der Waals surface area (Å²) in [5, 5.41) is 103. The number of aliphatic carboxylic acids is 3. The minimum atomic E-state index is -2.48. The van der Waals surface area contributed by atoms with Crippen LogP contribution in [0.5, 0.6) is 0 Å². The zero-order valence-corrected chi connectivity index (χ0v) is 39.4. The van der Waals surface area contributed by atoms with E-state index in [0.29, 0.717) is 32.1 Å². The van der Waals surface area contributed by atoms with Gasteiger partial charge in [-0.15, -0.1) is 0 Å². The molecule has 0 unspecified atom stereocenters. The average molecular weight is 957 g/mol. The van der Waals surface area contributed by atoms with E-state index >= 15 is 0 Å². The van der Waals surface area contributed by atoms with Crippen molar-refractivity contribution in [1.82, 2.24) is 0 Å². The number of carbonyl (C=O) groups excluding carboxylic acids is 1. The van der Waals surface area contributed by atoms with E-state index in [1.54, 1.807) is 0 Å². The lowest BCUT2D eigenvalue weighted by Crippen LogP contribution is -2.66. The van der Waals surface area contributed by atoms with Gasteiger partial charge in [-0.25, -0.2) is 14.4 Å². The van der Waals surface area contributed by atoms with E-state index < -0.39 is 128 Å². The van der Waals surface area contributed by atoms with Crippen molar-refractivity contribution in [3.63, 3.8) is 0 Å². The smallest absolute Gasteiger partial charge is 0.337 e. The zero-order valence-electron chi connectivity index (χ0n) is 39.4. The highest BCUT2D eigenvalue weighted by Crippen LogP contribution is 2.76. The maximum absolute atomic E-state index is 14.7. The lowest BCUT2D eigenvalue weighted by molar-refractivity contribution is -0.345. The summed E-state index contributed by atoms with van der Waals surface area (Å²) in [6.45, 7) is 13.8. The van der Waals surface area contributed by atoms with E-state index in [1.807, 2.05) is 0 Å². The van der Waals surface area contributed by atoms with Crippen LogP contribution >= 0.6 is 0 Å². The predicted molar refractivity (Wildman–Crippen MR) is 228 cm³/mol. The first-order chi connectivity index (χ1) is 31.1. The van der Waals surface area contributed by atoms with Gasteiger partial charge in [0.2, 0.25) is 12.4 Å². The maximum atomic E-state index is 14.7. The highest BCUT2D eigenvalue weighted by Gasteiger charge is 2.70. The quantitative estimate of drug-likeness (QED) is 0.0538. The van der Waals surface area contributed by atoms with Crippen molar-refractivity contribution in [1.29, 1.82) is 0 Å². The SMILES string of the molecule is CC1(C)CC[C@]2(C(=O)O[C@@H]3O[C@H](CO)[C@@H](O)[C@H](O)[C@H]3O)CC[C@]3(C)C(=CC[C@@H]4[C@@]5(C)CC[C@H](O[C@@H]6O[C@H](C(=O)O)[C@@H](O)[C@H](O[C@@H](OCC(=O)O)[C@H](O)C(=O)O)[C@H]6O)C(C)(C)[C@@H]5CC[C@]43C)[C@@H]2C1. The van der Waals surface area contributed by atoms with Crippen LogP contribution in [0.1, 0.15) is 113 Å². The Bertz CT molecular complexity index is 1920. The van der Waals surface area contributed by atoms with Crippen molar-refractivity contribution >= 4 is 23.9 Å². The van der Waals surface area contributed by atoms with E-state index in [4.69, 9.17) is 33.5 Å². The first-order valence-electron chi connectivity index (χ1n) is 23.6. The highest BCUT2D eigenvalue weighted by molar-refractivity contribution is 5.79. The van der Waals surface area contributed by atoms with Crippen LogP contribution < -0.4 is 0 Å². The molecule has 7 aliphatic rings. The summed E-state index contributed by atoms with van der Waals surface area (Å²) in [6, 6.07) is 0. The van der Waals surface area contributed by atoms with E-state index in [2.05, 4.69) is 54.5 Å². The number of fused-ring (bicyclic) bond motifs is 7.